The quantitative estimate of drug-likeness (QED) is 0.326. The van der Waals surface area contributed by atoms with E-state index in [-0.39, 0.29) is 22.6 Å². The van der Waals surface area contributed by atoms with E-state index in [1.165, 1.54) is 38.5 Å². The molecule has 2 aromatic rings. The number of benzene rings is 2. The molecule has 0 saturated heterocycles. The average Bonchev–Trinajstić information content (AvgIpc) is 2.92. The molecule has 40 heavy (non-hydrogen) atoms. The van der Waals surface area contributed by atoms with E-state index < -0.39 is 0 Å². The summed E-state index contributed by atoms with van der Waals surface area (Å²) in [6.45, 7) is 0. The second kappa shape index (κ2) is 9.83. The fraction of sp³-hybridized carbons (Fsp3) is 0.588. The Morgan fingerprint density at radius 3 is 1.15 bits per heavy atom. The lowest BCUT2D eigenvalue weighted by atomic mass is 9.49. The monoisotopic (exact) mass is 572 g/mol. The molecule has 8 fully saturated rings. The molecule has 0 radical (unpaired) electrons. The van der Waals surface area contributed by atoms with Gasteiger partial charge >= 0.3 is 0 Å². The first-order chi connectivity index (χ1) is 19.5. The van der Waals surface area contributed by atoms with Crippen molar-refractivity contribution in [3.05, 3.63) is 48.5 Å². The molecule has 8 saturated carbocycles. The number of anilines is 2. The number of hydrogen-bond acceptors (Lipinski definition) is 4. The van der Waals surface area contributed by atoms with Crippen LogP contribution in [0.4, 0.5) is 11.4 Å². The van der Waals surface area contributed by atoms with Gasteiger partial charge in [0.05, 0.1) is 22.2 Å². The number of carbonyl (C=O) groups excluding carboxylic acids is 2. The van der Waals surface area contributed by atoms with Crippen molar-refractivity contribution in [3.63, 3.8) is 0 Å². The van der Waals surface area contributed by atoms with Gasteiger partial charge in [-0.25, -0.2) is 0 Å². The van der Waals surface area contributed by atoms with Gasteiger partial charge in [0.2, 0.25) is 11.8 Å². The van der Waals surface area contributed by atoms with Crippen LogP contribution in [0.3, 0.4) is 0 Å². The lowest BCUT2D eigenvalue weighted by Gasteiger charge is -2.55. The van der Waals surface area contributed by atoms with Gasteiger partial charge in [-0.2, -0.15) is 0 Å². The van der Waals surface area contributed by atoms with Crippen LogP contribution in [0, 0.1) is 46.3 Å². The Balaban J connectivity index is 0.962. The van der Waals surface area contributed by atoms with Gasteiger partial charge in [-0.05, 0) is 137 Å². The minimum absolute atomic E-state index is 0.159. The second-order valence-electron chi connectivity index (χ2n) is 14.5. The molecular formula is C34H40N2O2S2. The first-order valence-corrected chi connectivity index (χ1v) is 17.8. The van der Waals surface area contributed by atoms with Crippen molar-refractivity contribution in [2.24, 2.45) is 46.3 Å². The Morgan fingerprint density at radius 2 is 0.825 bits per heavy atom. The summed E-state index contributed by atoms with van der Waals surface area (Å²) in [6, 6.07) is 16.4. The van der Waals surface area contributed by atoms with Crippen LogP contribution in [0.2, 0.25) is 0 Å². The number of nitrogens with one attached hydrogen (secondary N) is 2. The first-order valence-electron chi connectivity index (χ1n) is 15.6. The van der Waals surface area contributed by atoms with E-state index in [1.54, 1.807) is 21.6 Å². The van der Waals surface area contributed by atoms with E-state index in [2.05, 4.69) is 22.8 Å². The fourth-order valence-corrected chi connectivity index (χ4v) is 12.9. The lowest BCUT2D eigenvalue weighted by Crippen LogP contribution is -2.51. The van der Waals surface area contributed by atoms with Gasteiger partial charge in [-0.15, -0.1) is 0 Å². The maximum Gasteiger partial charge on any atom is 0.230 e. The Morgan fingerprint density at radius 1 is 0.525 bits per heavy atom. The van der Waals surface area contributed by atoms with Gasteiger partial charge < -0.3 is 10.6 Å². The zero-order chi connectivity index (χ0) is 26.9. The molecule has 6 heteroatoms. The summed E-state index contributed by atoms with van der Waals surface area (Å²) in [5, 5.41) is 6.76. The van der Waals surface area contributed by atoms with Crippen LogP contribution < -0.4 is 10.6 Å². The number of amides is 2. The SMILES string of the molecule is O=C(Nc1ccccc1SSc1ccccc1NC(=O)C12CC3CC(CC(C3)C1)C2)C12CC3CC(CC(C3)C1)C2. The molecule has 0 heterocycles. The van der Waals surface area contributed by atoms with Crippen molar-refractivity contribution < 1.29 is 9.59 Å². The molecular weight excluding hydrogens is 533 g/mol. The smallest absolute Gasteiger partial charge is 0.230 e. The van der Waals surface area contributed by atoms with Crippen LogP contribution in [0.1, 0.15) is 77.0 Å². The Hall–Kier alpha value is -1.92. The Labute approximate surface area is 246 Å². The molecule has 8 aliphatic carbocycles. The molecule has 8 aliphatic rings. The predicted octanol–water partition coefficient (Wildman–Crippen LogP) is 8.80. The normalized spacial score (nSPS) is 38.4. The summed E-state index contributed by atoms with van der Waals surface area (Å²) < 4.78 is 0. The third-order valence-corrected chi connectivity index (χ3v) is 14.0. The maximum absolute atomic E-state index is 13.8. The second-order valence-corrected chi connectivity index (χ2v) is 16.7. The topological polar surface area (TPSA) is 58.2 Å². The van der Waals surface area contributed by atoms with Gasteiger partial charge in [-0.1, -0.05) is 45.9 Å². The molecule has 4 nitrogen and oxygen atoms in total. The molecule has 0 spiro atoms. The van der Waals surface area contributed by atoms with Crippen molar-refractivity contribution in [2.75, 3.05) is 10.6 Å². The largest absolute Gasteiger partial charge is 0.325 e. The van der Waals surface area contributed by atoms with Crippen molar-refractivity contribution in [3.8, 4) is 0 Å². The summed E-state index contributed by atoms with van der Waals surface area (Å²) >= 11 is 0. The summed E-state index contributed by atoms with van der Waals surface area (Å²) in [4.78, 5) is 29.6. The van der Waals surface area contributed by atoms with Gasteiger partial charge in [0.25, 0.3) is 0 Å². The molecule has 10 rings (SSSR count). The highest BCUT2D eigenvalue weighted by molar-refractivity contribution is 8.76. The summed E-state index contributed by atoms with van der Waals surface area (Å²) in [6.07, 6.45) is 14.5. The highest BCUT2D eigenvalue weighted by Crippen LogP contribution is 2.61. The van der Waals surface area contributed by atoms with Crippen LogP contribution in [0.25, 0.3) is 0 Å². The molecule has 0 atom stereocenters. The van der Waals surface area contributed by atoms with Crippen molar-refractivity contribution in [1.29, 1.82) is 0 Å². The van der Waals surface area contributed by atoms with Crippen molar-refractivity contribution in [2.45, 2.75) is 86.8 Å². The molecule has 0 aromatic heterocycles. The van der Waals surface area contributed by atoms with Crippen LogP contribution in [0.15, 0.2) is 58.3 Å². The van der Waals surface area contributed by atoms with Crippen LogP contribution in [-0.2, 0) is 9.59 Å². The van der Waals surface area contributed by atoms with E-state index in [0.29, 0.717) is 0 Å². The summed E-state index contributed by atoms with van der Waals surface area (Å²) in [5.41, 5.74) is 1.51. The van der Waals surface area contributed by atoms with E-state index in [4.69, 9.17) is 0 Å². The number of carbonyl (C=O) groups is 2. The lowest BCUT2D eigenvalue weighted by molar-refractivity contribution is -0.141. The molecule has 210 valence electrons. The maximum atomic E-state index is 13.8. The van der Waals surface area contributed by atoms with Crippen molar-refractivity contribution in [1.82, 2.24) is 0 Å². The van der Waals surface area contributed by atoms with E-state index in [0.717, 1.165) is 95.2 Å². The van der Waals surface area contributed by atoms with Crippen molar-refractivity contribution >= 4 is 44.8 Å². The van der Waals surface area contributed by atoms with Crippen LogP contribution in [0.5, 0.6) is 0 Å². The van der Waals surface area contributed by atoms with E-state index in [9.17, 15) is 9.59 Å². The zero-order valence-corrected chi connectivity index (χ0v) is 24.8. The van der Waals surface area contributed by atoms with Gasteiger partial charge in [0.1, 0.15) is 0 Å². The van der Waals surface area contributed by atoms with Crippen LogP contribution in [-0.4, -0.2) is 11.8 Å². The Kier molecular flexibility index (Phi) is 6.33. The van der Waals surface area contributed by atoms with Gasteiger partial charge in [0.15, 0.2) is 0 Å². The van der Waals surface area contributed by atoms with E-state index >= 15 is 0 Å². The summed E-state index contributed by atoms with van der Waals surface area (Å²) in [7, 11) is 3.34. The Bertz CT molecular complexity index is 1170. The fourth-order valence-electron chi connectivity index (χ4n) is 10.7. The molecule has 2 amide bonds. The first kappa shape index (κ1) is 25.8. The number of hydrogen-bond donors (Lipinski definition) is 2. The van der Waals surface area contributed by atoms with E-state index in [1.807, 2.05) is 36.4 Å². The van der Waals surface area contributed by atoms with Gasteiger partial charge in [-0.3, -0.25) is 9.59 Å². The molecule has 0 aliphatic heterocycles. The predicted molar refractivity (Wildman–Crippen MR) is 163 cm³/mol. The highest BCUT2D eigenvalue weighted by atomic mass is 33.1. The summed E-state index contributed by atoms with van der Waals surface area (Å²) in [5.74, 6) is 5.00. The zero-order valence-electron chi connectivity index (χ0n) is 23.2. The average molecular weight is 573 g/mol. The standard InChI is InChI=1S/C34H40N2O2S2/c37-31(33-15-21-9-22(16-33)11-23(10-21)17-33)35-27-5-1-3-7-29(27)39-40-30-8-4-2-6-28(30)36-32(38)34-18-24-12-25(19-34)14-26(13-24)20-34/h1-8,21-26H,9-20H2,(H,35,37)(H,36,38). The minimum Gasteiger partial charge on any atom is -0.325 e. The molecule has 2 aromatic carbocycles. The molecule has 8 bridgehead atoms. The number of rotatable bonds is 7. The third kappa shape index (κ3) is 4.52. The van der Waals surface area contributed by atoms with Crippen LogP contribution >= 0.6 is 21.6 Å². The number of para-hydroxylation sites is 2. The minimum atomic E-state index is -0.159. The molecule has 0 unspecified atom stereocenters. The third-order valence-electron chi connectivity index (χ3n) is 11.5. The van der Waals surface area contributed by atoms with Gasteiger partial charge in [0, 0.05) is 9.79 Å². The highest BCUT2D eigenvalue weighted by Gasteiger charge is 2.55. The molecule has 2 N–H and O–H groups in total.